The fourth-order valence-corrected chi connectivity index (χ4v) is 3.25. The van der Waals surface area contributed by atoms with E-state index in [9.17, 15) is 9.59 Å². The fraction of sp³-hybridized carbons (Fsp3) is 0.300. The van der Waals surface area contributed by atoms with Crippen LogP contribution in [0.15, 0.2) is 48.5 Å². The highest BCUT2D eigenvalue weighted by Gasteiger charge is 2.23. The number of hydrogen-bond donors (Lipinski definition) is 1. The maximum absolute atomic E-state index is 12.4. The molecule has 1 aliphatic rings. The highest BCUT2D eigenvalue weighted by atomic mass is 35.5. The lowest BCUT2D eigenvalue weighted by molar-refractivity contribution is -0.134. The molecule has 0 bridgehead atoms. The van der Waals surface area contributed by atoms with Gasteiger partial charge in [-0.25, -0.2) is 0 Å². The predicted molar refractivity (Wildman–Crippen MR) is 105 cm³/mol. The molecule has 26 heavy (non-hydrogen) atoms. The van der Waals surface area contributed by atoms with Crippen molar-refractivity contribution in [3.05, 3.63) is 59.1 Å². The first-order valence-electron chi connectivity index (χ1n) is 8.66. The quantitative estimate of drug-likeness (QED) is 0.839. The van der Waals surface area contributed by atoms with Gasteiger partial charge in [0, 0.05) is 42.6 Å². The highest BCUT2D eigenvalue weighted by molar-refractivity contribution is 6.30. The summed E-state index contributed by atoms with van der Waals surface area (Å²) in [6, 6.07) is 15.2. The Morgan fingerprint density at radius 3 is 2.46 bits per heavy atom. The number of hydrogen-bond acceptors (Lipinski definition) is 3. The summed E-state index contributed by atoms with van der Waals surface area (Å²) in [7, 11) is 0. The average molecular weight is 372 g/mol. The second kappa shape index (κ2) is 8.23. The van der Waals surface area contributed by atoms with E-state index in [1.807, 2.05) is 6.07 Å². The van der Waals surface area contributed by atoms with Crippen molar-refractivity contribution in [2.45, 2.75) is 13.3 Å². The van der Waals surface area contributed by atoms with Crippen LogP contribution < -0.4 is 10.2 Å². The summed E-state index contributed by atoms with van der Waals surface area (Å²) in [4.78, 5) is 28.5. The second-order valence-corrected chi connectivity index (χ2v) is 6.88. The van der Waals surface area contributed by atoms with E-state index >= 15 is 0 Å². The summed E-state index contributed by atoms with van der Waals surface area (Å²) in [5.41, 5.74) is 2.99. The van der Waals surface area contributed by atoms with Gasteiger partial charge in [0.05, 0.1) is 0 Å². The molecule has 0 aliphatic carbocycles. The third kappa shape index (κ3) is 4.76. The summed E-state index contributed by atoms with van der Waals surface area (Å²) in [6.45, 7) is 4.85. The summed E-state index contributed by atoms with van der Waals surface area (Å²) in [5, 5.41) is 3.26. The number of anilines is 2. The van der Waals surface area contributed by atoms with Crippen molar-refractivity contribution < 1.29 is 9.59 Å². The number of amides is 2. The van der Waals surface area contributed by atoms with Crippen LogP contribution in [0.25, 0.3) is 0 Å². The topological polar surface area (TPSA) is 52.7 Å². The van der Waals surface area contributed by atoms with Crippen molar-refractivity contribution in [2.75, 3.05) is 36.4 Å². The van der Waals surface area contributed by atoms with Crippen molar-refractivity contribution in [2.24, 2.45) is 0 Å². The fourth-order valence-electron chi connectivity index (χ4n) is 3.06. The Labute approximate surface area is 158 Å². The minimum absolute atomic E-state index is 0.145. The summed E-state index contributed by atoms with van der Waals surface area (Å²) >= 11 is 5.90. The first kappa shape index (κ1) is 18.3. The maximum atomic E-state index is 12.4. The molecular weight excluding hydrogens is 350 g/mol. The Kier molecular flexibility index (Phi) is 5.78. The number of carbonyl (C=O) groups is 2. The van der Waals surface area contributed by atoms with Gasteiger partial charge in [0.15, 0.2) is 0 Å². The Balaban J connectivity index is 1.49. The number of halogens is 1. The molecule has 0 saturated carbocycles. The largest absolute Gasteiger partial charge is 0.368 e. The molecule has 6 heteroatoms. The molecule has 0 spiro atoms. The number of aryl methyl sites for hydroxylation is 1. The Morgan fingerprint density at radius 2 is 1.77 bits per heavy atom. The minimum Gasteiger partial charge on any atom is -0.368 e. The van der Waals surface area contributed by atoms with Crippen LogP contribution in [0.1, 0.15) is 12.0 Å². The molecule has 3 rings (SSSR count). The second-order valence-electron chi connectivity index (χ2n) is 6.44. The van der Waals surface area contributed by atoms with Gasteiger partial charge in [-0.2, -0.15) is 0 Å². The standard InChI is InChI=1S/C20H22ClN3O2/c1-15-4-2-7-18(12-15)23-8-10-24(11-9-23)20(26)14-19(25)22-17-6-3-5-16(21)13-17/h2-7,12-13H,8-11,14H2,1H3,(H,22,25). The van der Waals surface area contributed by atoms with Crippen LogP contribution in [0.2, 0.25) is 5.02 Å². The molecule has 2 aromatic carbocycles. The van der Waals surface area contributed by atoms with Gasteiger partial charge in [0.1, 0.15) is 6.42 Å². The molecule has 1 heterocycles. The zero-order chi connectivity index (χ0) is 18.5. The Morgan fingerprint density at radius 1 is 1.04 bits per heavy atom. The molecule has 0 aromatic heterocycles. The van der Waals surface area contributed by atoms with Gasteiger partial charge in [-0.1, -0.05) is 29.8 Å². The van der Waals surface area contributed by atoms with E-state index < -0.39 is 0 Å². The number of nitrogens with one attached hydrogen (secondary N) is 1. The van der Waals surface area contributed by atoms with Gasteiger partial charge >= 0.3 is 0 Å². The van der Waals surface area contributed by atoms with Gasteiger partial charge < -0.3 is 15.1 Å². The SMILES string of the molecule is Cc1cccc(N2CCN(C(=O)CC(=O)Nc3cccc(Cl)c3)CC2)c1. The van der Waals surface area contributed by atoms with E-state index in [0.717, 1.165) is 13.1 Å². The Bertz CT molecular complexity index is 801. The lowest BCUT2D eigenvalue weighted by Gasteiger charge is -2.36. The van der Waals surface area contributed by atoms with E-state index in [4.69, 9.17) is 11.6 Å². The van der Waals surface area contributed by atoms with Crippen molar-refractivity contribution in [1.29, 1.82) is 0 Å². The third-order valence-corrected chi connectivity index (χ3v) is 4.65. The number of piperazine rings is 1. The van der Waals surface area contributed by atoms with Crippen LogP contribution in [-0.2, 0) is 9.59 Å². The molecule has 0 radical (unpaired) electrons. The van der Waals surface area contributed by atoms with E-state index in [1.54, 1.807) is 29.2 Å². The van der Waals surface area contributed by atoms with Crippen LogP contribution >= 0.6 is 11.6 Å². The molecule has 0 unspecified atom stereocenters. The Hall–Kier alpha value is -2.53. The van der Waals surface area contributed by atoms with Crippen molar-refractivity contribution in [3.8, 4) is 0 Å². The summed E-state index contributed by atoms with van der Waals surface area (Å²) in [6.07, 6.45) is -0.156. The van der Waals surface area contributed by atoms with Gasteiger partial charge in [-0.3, -0.25) is 9.59 Å². The zero-order valence-corrected chi connectivity index (χ0v) is 15.5. The first-order valence-corrected chi connectivity index (χ1v) is 9.04. The summed E-state index contributed by atoms with van der Waals surface area (Å²) < 4.78 is 0. The number of carbonyl (C=O) groups excluding carboxylic acids is 2. The van der Waals surface area contributed by atoms with E-state index in [2.05, 4.69) is 35.3 Å². The maximum Gasteiger partial charge on any atom is 0.233 e. The number of benzene rings is 2. The van der Waals surface area contributed by atoms with Gasteiger partial charge in [-0.15, -0.1) is 0 Å². The van der Waals surface area contributed by atoms with Crippen LogP contribution in [0.5, 0.6) is 0 Å². The highest BCUT2D eigenvalue weighted by Crippen LogP contribution is 2.18. The van der Waals surface area contributed by atoms with E-state index in [0.29, 0.717) is 23.8 Å². The normalized spacial score (nSPS) is 14.2. The molecule has 1 aliphatic heterocycles. The lowest BCUT2D eigenvalue weighted by atomic mass is 10.2. The van der Waals surface area contributed by atoms with Crippen LogP contribution in [0.3, 0.4) is 0 Å². The van der Waals surface area contributed by atoms with Crippen molar-refractivity contribution in [3.63, 3.8) is 0 Å². The molecular formula is C20H22ClN3O2. The third-order valence-electron chi connectivity index (χ3n) is 4.42. The van der Waals surface area contributed by atoms with Gasteiger partial charge in [0.2, 0.25) is 11.8 Å². The van der Waals surface area contributed by atoms with Crippen molar-refractivity contribution in [1.82, 2.24) is 4.90 Å². The summed E-state index contributed by atoms with van der Waals surface area (Å²) in [5.74, 6) is -0.466. The van der Waals surface area contributed by atoms with Crippen molar-refractivity contribution >= 4 is 34.8 Å². The molecule has 2 amide bonds. The van der Waals surface area contributed by atoms with Crippen LogP contribution in [0.4, 0.5) is 11.4 Å². The zero-order valence-electron chi connectivity index (χ0n) is 14.7. The molecule has 1 fully saturated rings. The molecule has 5 nitrogen and oxygen atoms in total. The predicted octanol–water partition coefficient (Wildman–Crippen LogP) is 3.33. The lowest BCUT2D eigenvalue weighted by Crippen LogP contribution is -2.49. The van der Waals surface area contributed by atoms with Crippen LogP contribution in [-0.4, -0.2) is 42.9 Å². The average Bonchev–Trinajstić information content (AvgIpc) is 2.61. The number of nitrogens with zero attached hydrogens (tertiary/aromatic N) is 2. The van der Waals surface area contributed by atoms with Gasteiger partial charge in [-0.05, 0) is 42.8 Å². The van der Waals surface area contributed by atoms with Crippen LogP contribution in [0, 0.1) is 6.92 Å². The minimum atomic E-state index is -0.321. The van der Waals surface area contributed by atoms with E-state index in [1.165, 1.54) is 11.3 Å². The first-order chi connectivity index (χ1) is 12.5. The smallest absolute Gasteiger partial charge is 0.233 e. The van der Waals surface area contributed by atoms with E-state index in [-0.39, 0.29) is 18.2 Å². The molecule has 1 N–H and O–H groups in total. The monoisotopic (exact) mass is 371 g/mol. The van der Waals surface area contributed by atoms with Gasteiger partial charge in [0.25, 0.3) is 0 Å². The molecule has 1 saturated heterocycles. The molecule has 136 valence electrons. The molecule has 2 aromatic rings. The number of rotatable bonds is 4. The molecule has 0 atom stereocenters.